The first kappa shape index (κ1) is 15.3. The van der Waals surface area contributed by atoms with E-state index < -0.39 is 11.9 Å². The van der Waals surface area contributed by atoms with Crippen LogP contribution in [0.5, 0.6) is 5.75 Å². The number of carboxylic acids is 1. The molecule has 108 valence electrons. The molecule has 0 unspecified atom stereocenters. The number of aryl methyl sites for hydroxylation is 1. The molecule has 0 saturated carbocycles. The van der Waals surface area contributed by atoms with Crippen molar-refractivity contribution in [2.45, 2.75) is 6.92 Å². The Morgan fingerprint density at radius 1 is 1.10 bits per heavy atom. The van der Waals surface area contributed by atoms with Crippen molar-refractivity contribution in [1.82, 2.24) is 0 Å². The summed E-state index contributed by atoms with van der Waals surface area (Å²) in [6.07, 6.45) is 0. The van der Waals surface area contributed by atoms with Crippen molar-refractivity contribution in [2.24, 2.45) is 0 Å². The van der Waals surface area contributed by atoms with E-state index >= 15 is 0 Å². The van der Waals surface area contributed by atoms with Gasteiger partial charge in [-0.25, -0.2) is 4.79 Å². The third-order valence-corrected chi connectivity index (χ3v) is 3.59. The average molecular weight is 397 g/mol. The molecule has 0 aliphatic carbocycles. The van der Waals surface area contributed by atoms with E-state index in [1.165, 1.54) is 18.2 Å². The van der Waals surface area contributed by atoms with Gasteiger partial charge in [0.1, 0.15) is 5.75 Å². The summed E-state index contributed by atoms with van der Waals surface area (Å²) in [5, 5.41) is 21.3. The summed E-state index contributed by atoms with van der Waals surface area (Å²) >= 11 is 2.05. The van der Waals surface area contributed by atoms with Gasteiger partial charge < -0.3 is 15.5 Å². The van der Waals surface area contributed by atoms with E-state index in [-0.39, 0.29) is 16.9 Å². The van der Waals surface area contributed by atoms with Gasteiger partial charge in [0.2, 0.25) is 0 Å². The number of hydrogen-bond acceptors (Lipinski definition) is 3. The molecule has 0 heterocycles. The van der Waals surface area contributed by atoms with Crippen molar-refractivity contribution in [3.63, 3.8) is 0 Å². The number of carbonyl (C=O) groups excluding carboxylic acids is 1. The molecule has 0 spiro atoms. The minimum Gasteiger partial charge on any atom is -0.507 e. The second-order valence-corrected chi connectivity index (χ2v) is 5.70. The molecule has 2 aromatic carbocycles. The maximum absolute atomic E-state index is 12.1. The SMILES string of the molecule is Cc1cc(NC(=O)c2cc(I)ccc2O)ccc1C(=O)O. The molecule has 2 rings (SSSR count). The number of anilines is 1. The number of hydrogen-bond donors (Lipinski definition) is 3. The molecule has 0 saturated heterocycles. The number of phenolic OH excluding ortho intramolecular Hbond substituents is 1. The normalized spacial score (nSPS) is 10.2. The van der Waals surface area contributed by atoms with Crippen LogP contribution in [0.2, 0.25) is 0 Å². The minimum atomic E-state index is -1.01. The van der Waals surface area contributed by atoms with Crippen LogP contribution in [-0.4, -0.2) is 22.1 Å². The molecule has 0 aliphatic heterocycles. The highest BCUT2D eigenvalue weighted by Gasteiger charge is 2.13. The van der Waals surface area contributed by atoms with Crippen molar-refractivity contribution in [3.05, 3.63) is 56.7 Å². The molecule has 21 heavy (non-hydrogen) atoms. The lowest BCUT2D eigenvalue weighted by Crippen LogP contribution is -2.13. The van der Waals surface area contributed by atoms with Gasteiger partial charge >= 0.3 is 5.97 Å². The summed E-state index contributed by atoms with van der Waals surface area (Å²) < 4.78 is 0.827. The smallest absolute Gasteiger partial charge is 0.335 e. The Hall–Kier alpha value is -2.09. The number of nitrogens with one attached hydrogen (secondary N) is 1. The van der Waals surface area contributed by atoms with Crippen molar-refractivity contribution in [1.29, 1.82) is 0 Å². The molecule has 0 atom stereocenters. The molecule has 6 heteroatoms. The van der Waals surface area contributed by atoms with Crippen LogP contribution in [0.25, 0.3) is 0 Å². The maximum atomic E-state index is 12.1. The molecule has 5 nitrogen and oxygen atoms in total. The van der Waals surface area contributed by atoms with E-state index in [1.54, 1.807) is 25.1 Å². The molecular formula is C15H12INO4. The highest BCUT2D eigenvalue weighted by Crippen LogP contribution is 2.22. The van der Waals surface area contributed by atoms with Crippen LogP contribution in [-0.2, 0) is 0 Å². The zero-order chi connectivity index (χ0) is 15.6. The van der Waals surface area contributed by atoms with Gasteiger partial charge in [-0.05, 0) is 71.5 Å². The fraction of sp³-hybridized carbons (Fsp3) is 0.0667. The van der Waals surface area contributed by atoms with Gasteiger partial charge in [-0.3, -0.25) is 4.79 Å². The first-order valence-electron chi connectivity index (χ1n) is 6.02. The van der Waals surface area contributed by atoms with E-state index in [9.17, 15) is 14.7 Å². The summed E-state index contributed by atoms with van der Waals surface area (Å²) in [6, 6.07) is 9.24. The van der Waals surface area contributed by atoms with Crippen molar-refractivity contribution in [2.75, 3.05) is 5.32 Å². The molecule has 0 radical (unpaired) electrons. The van der Waals surface area contributed by atoms with Crippen LogP contribution in [0.15, 0.2) is 36.4 Å². The van der Waals surface area contributed by atoms with Crippen LogP contribution in [0.4, 0.5) is 5.69 Å². The van der Waals surface area contributed by atoms with Gasteiger partial charge in [0, 0.05) is 9.26 Å². The first-order valence-corrected chi connectivity index (χ1v) is 7.10. The Balaban J connectivity index is 2.26. The Morgan fingerprint density at radius 3 is 2.43 bits per heavy atom. The van der Waals surface area contributed by atoms with E-state index in [1.807, 2.05) is 22.6 Å². The van der Waals surface area contributed by atoms with Gasteiger partial charge in [0.15, 0.2) is 0 Å². The molecule has 1 amide bonds. The zero-order valence-corrected chi connectivity index (χ0v) is 13.2. The maximum Gasteiger partial charge on any atom is 0.335 e. The predicted molar refractivity (Wildman–Crippen MR) is 86.9 cm³/mol. The summed E-state index contributed by atoms with van der Waals surface area (Å²) in [4.78, 5) is 23.1. The summed E-state index contributed by atoms with van der Waals surface area (Å²) in [7, 11) is 0. The number of amides is 1. The number of rotatable bonds is 3. The van der Waals surface area contributed by atoms with Crippen molar-refractivity contribution < 1.29 is 19.8 Å². The largest absolute Gasteiger partial charge is 0.507 e. The molecule has 2 aromatic rings. The van der Waals surface area contributed by atoms with Gasteiger partial charge in [-0.2, -0.15) is 0 Å². The number of aromatic carboxylic acids is 1. The van der Waals surface area contributed by atoms with E-state index in [0.717, 1.165) is 3.57 Å². The fourth-order valence-corrected chi connectivity index (χ4v) is 2.36. The number of carboxylic acid groups (broad SMARTS) is 1. The highest BCUT2D eigenvalue weighted by atomic mass is 127. The number of phenols is 1. The van der Waals surface area contributed by atoms with Gasteiger partial charge in [-0.15, -0.1) is 0 Å². The minimum absolute atomic E-state index is 0.105. The molecular weight excluding hydrogens is 385 g/mol. The Labute approximate surface area is 134 Å². The molecule has 0 aromatic heterocycles. The number of aromatic hydroxyl groups is 1. The van der Waals surface area contributed by atoms with E-state index in [2.05, 4.69) is 5.32 Å². The highest BCUT2D eigenvalue weighted by molar-refractivity contribution is 14.1. The lowest BCUT2D eigenvalue weighted by Gasteiger charge is -2.09. The Morgan fingerprint density at radius 2 is 1.81 bits per heavy atom. The summed E-state index contributed by atoms with van der Waals surface area (Å²) in [5.41, 5.74) is 1.37. The van der Waals surface area contributed by atoms with Crippen molar-refractivity contribution in [3.8, 4) is 5.75 Å². The Bertz CT molecular complexity index is 728. The molecule has 3 N–H and O–H groups in total. The van der Waals surface area contributed by atoms with Crippen LogP contribution in [0.3, 0.4) is 0 Å². The van der Waals surface area contributed by atoms with Gasteiger partial charge in [-0.1, -0.05) is 0 Å². The third-order valence-electron chi connectivity index (χ3n) is 2.92. The predicted octanol–water partition coefficient (Wildman–Crippen LogP) is 3.26. The summed E-state index contributed by atoms with van der Waals surface area (Å²) in [6.45, 7) is 1.65. The van der Waals surface area contributed by atoms with Crippen molar-refractivity contribution >= 4 is 40.2 Å². The quantitative estimate of drug-likeness (QED) is 0.695. The summed E-state index contributed by atoms with van der Waals surface area (Å²) in [5.74, 6) is -1.57. The lowest BCUT2D eigenvalue weighted by atomic mass is 10.1. The fourth-order valence-electron chi connectivity index (χ4n) is 1.87. The lowest BCUT2D eigenvalue weighted by molar-refractivity contribution is 0.0696. The second kappa shape index (κ2) is 6.13. The number of benzene rings is 2. The van der Waals surface area contributed by atoms with E-state index in [4.69, 9.17) is 5.11 Å². The number of carbonyl (C=O) groups is 2. The zero-order valence-electron chi connectivity index (χ0n) is 11.1. The molecule has 0 aliphatic rings. The number of halogens is 1. The van der Waals surface area contributed by atoms with Gasteiger partial charge in [0.25, 0.3) is 5.91 Å². The van der Waals surface area contributed by atoms with Crippen LogP contribution in [0.1, 0.15) is 26.3 Å². The van der Waals surface area contributed by atoms with Crippen LogP contribution >= 0.6 is 22.6 Å². The standard InChI is InChI=1S/C15H12INO4/c1-8-6-10(3-4-11(8)15(20)21)17-14(19)12-7-9(16)2-5-13(12)18/h2-7,18H,1H3,(H,17,19)(H,20,21). The average Bonchev–Trinajstić information content (AvgIpc) is 2.41. The van der Waals surface area contributed by atoms with Crippen LogP contribution < -0.4 is 5.32 Å². The topological polar surface area (TPSA) is 86.6 Å². The second-order valence-electron chi connectivity index (χ2n) is 4.45. The molecule has 0 bridgehead atoms. The van der Waals surface area contributed by atoms with Crippen LogP contribution in [0, 0.1) is 10.5 Å². The molecule has 0 fully saturated rings. The van der Waals surface area contributed by atoms with E-state index in [0.29, 0.717) is 11.3 Å². The third kappa shape index (κ3) is 3.52. The Kier molecular flexibility index (Phi) is 4.46. The first-order chi connectivity index (χ1) is 9.88. The van der Waals surface area contributed by atoms with Gasteiger partial charge in [0.05, 0.1) is 11.1 Å². The monoisotopic (exact) mass is 397 g/mol.